The Kier molecular flexibility index (Phi) is 10.1. The van der Waals surface area contributed by atoms with Gasteiger partial charge in [0.05, 0.1) is 30.5 Å². The molecule has 0 aromatic heterocycles. The summed E-state index contributed by atoms with van der Waals surface area (Å²) in [6.07, 6.45) is 5.66. The van der Waals surface area contributed by atoms with Gasteiger partial charge in [-0.2, -0.15) is 0 Å². The first-order valence-electron chi connectivity index (χ1n) is 16.3. The molecular formula is C36H39BrClN3O7. The van der Waals surface area contributed by atoms with Gasteiger partial charge in [0.15, 0.2) is 0 Å². The van der Waals surface area contributed by atoms with Crippen molar-refractivity contribution in [3.63, 3.8) is 0 Å². The van der Waals surface area contributed by atoms with E-state index in [9.17, 15) is 19.5 Å². The summed E-state index contributed by atoms with van der Waals surface area (Å²) in [7, 11) is 0. The van der Waals surface area contributed by atoms with E-state index in [1.165, 1.54) is 4.90 Å². The number of halogens is 2. The lowest BCUT2D eigenvalue weighted by atomic mass is 9.74. The molecule has 12 heteroatoms. The summed E-state index contributed by atoms with van der Waals surface area (Å²) in [6, 6.07) is 13.4. The van der Waals surface area contributed by atoms with Crippen molar-refractivity contribution in [1.82, 2.24) is 10.2 Å². The van der Waals surface area contributed by atoms with E-state index in [-0.39, 0.29) is 32.1 Å². The van der Waals surface area contributed by atoms with Crippen LogP contribution < -0.4 is 10.2 Å². The fourth-order valence-corrected chi connectivity index (χ4v) is 8.28. The van der Waals surface area contributed by atoms with E-state index in [1.54, 1.807) is 41.3 Å². The highest BCUT2D eigenvalue weighted by Gasteiger charge is 2.75. The van der Waals surface area contributed by atoms with Crippen LogP contribution in [0.25, 0.3) is 0 Å². The van der Waals surface area contributed by atoms with Crippen molar-refractivity contribution in [2.75, 3.05) is 24.7 Å². The van der Waals surface area contributed by atoms with Crippen molar-refractivity contribution in [1.29, 1.82) is 0 Å². The molecule has 3 amide bonds. The van der Waals surface area contributed by atoms with Crippen LogP contribution in [0.5, 0.6) is 0 Å². The van der Waals surface area contributed by atoms with E-state index in [4.69, 9.17) is 21.1 Å². The van der Waals surface area contributed by atoms with Crippen LogP contribution >= 0.6 is 27.5 Å². The van der Waals surface area contributed by atoms with Crippen LogP contribution in [0.3, 0.4) is 0 Å². The second-order valence-corrected chi connectivity index (χ2v) is 14.2. The SMILES string of the molecule is CC[C@H](C)[C@H](CO)N1C(=O)[C@@H]2[C@H]3C(=O)N[C@@H](c4ccccc4)COC(=O)CC/C=C\CN(c4ccc(Cl)cc4)C(=O)[C@@H]1[C@]21C=C(Br)[C@H]3O1. The highest BCUT2D eigenvalue weighted by molar-refractivity contribution is 9.11. The van der Waals surface area contributed by atoms with Crippen molar-refractivity contribution in [2.24, 2.45) is 17.8 Å². The minimum Gasteiger partial charge on any atom is -0.463 e. The maximum atomic E-state index is 15.1. The minimum absolute atomic E-state index is 0.102. The zero-order chi connectivity index (χ0) is 34.2. The number of benzene rings is 2. The number of hydrogen-bond donors (Lipinski definition) is 2. The number of hydrogen-bond acceptors (Lipinski definition) is 7. The Morgan fingerprint density at radius 1 is 1.06 bits per heavy atom. The Bertz CT molecular complexity index is 1620. The first kappa shape index (κ1) is 34.4. The molecule has 5 bridgehead atoms. The average molecular weight is 741 g/mol. The molecule has 4 aliphatic heterocycles. The number of aliphatic hydroxyl groups excluding tert-OH is 1. The van der Waals surface area contributed by atoms with E-state index in [2.05, 4.69) is 21.2 Å². The lowest BCUT2D eigenvalue weighted by molar-refractivity contribution is -0.147. The minimum atomic E-state index is -1.49. The number of rotatable bonds is 6. The summed E-state index contributed by atoms with van der Waals surface area (Å²) in [5.41, 5.74) is -0.219. The summed E-state index contributed by atoms with van der Waals surface area (Å²) in [5.74, 6) is -3.97. The number of allylic oxidation sites excluding steroid dienone is 1. The summed E-state index contributed by atoms with van der Waals surface area (Å²) in [5, 5.41) is 14.3. The van der Waals surface area contributed by atoms with Crippen molar-refractivity contribution in [2.45, 2.75) is 62.9 Å². The van der Waals surface area contributed by atoms with Gasteiger partial charge >= 0.3 is 5.97 Å². The lowest BCUT2D eigenvalue weighted by Gasteiger charge is -2.40. The third-order valence-electron chi connectivity index (χ3n) is 10.0. The summed E-state index contributed by atoms with van der Waals surface area (Å²) in [6.45, 7) is 3.54. The molecule has 8 atom stereocenters. The van der Waals surface area contributed by atoms with Crippen molar-refractivity contribution < 1.29 is 33.8 Å². The first-order valence-corrected chi connectivity index (χ1v) is 17.5. The van der Waals surface area contributed by atoms with Gasteiger partial charge in [0.2, 0.25) is 11.8 Å². The number of nitrogens with zero attached hydrogens (tertiary/aromatic N) is 2. The van der Waals surface area contributed by atoms with Crippen LogP contribution in [0, 0.1) is 17.8 Å². The van der Waals surface area contributed by atoms with Crippen LogP contribution in [0.1, 0.15) is 44.7 Å². The molecule has 4 heterocycles. The topological polar surface area (TPSA) is 125 Å². The van der Waals surface area contributed by atoms with Gasteiger partial charge in [0, 0.05) is 28.2 Å². The van der Waals surface area contributed by atoms with Crippen LogP contribution in [0.4, 0.5) is 5.69 Å². The molecule has 1 spiro atoms. The molecule has 10 nitrogen and oxygen atoms in total. The number of ether oxygens (including phenoxy) is 2. The maximum Gasteiger partial charge on any atom is 0.306 e. The number of anilines is 1. The lowest BCUT2D eigenvalue weighted by Crippen LogP contribution is -2.59. The van der Waals surface area contributed by atoms with E-state index in [0.29, 0.717) is 28.0 Å². The molecule has 48 heavy (non-hydrogen) atoms. The van der Waals surface area contributed by atoms with Crippen LogP contribution in [0.15, 0.2) is 77.3 Å². The first-order chi connectivity index (χ1) is 23.1. The number of amides is 3. The van der Waals surface area contributed by atoms with Gasteiger partial charge < -0.3 is 29.7 Å². The van der Waals surface area contributed by atoms with Gasteiger partial charge in [-0.3, -0.25) is 19.2 Å². The molecule has 0 saturated carbocycles. The van der Waals surface area contributed by atoms with E-state index in [1.807, 2.05) is 50.3 Å². The second kappa shape index (κ2) is 14.2. The third-order valence-corrected chi connectivity index (χ3v) is 11.0. The zero-order valence-corrected chi connectivity index (χ0v) is 29.1. The van der Waals surface area contributed by atoms with Gasteiger partial charge in [-0.25, -0.2) is 0 Å². The molecule has 0 aliphatic carbocycles. The van der Waals surface area contributed by atoms with Crippen molar-refractivity contribution in [3.8, 4) is 0 Å². The number of cyclic esters (lactones) is 1. The Morgan fingerprint density at radius 3 is 2.48 bits per heavy atom. The molecule has 2 fully saturated rings. The van der Waals surface area contributed by atoms with E-state index < -0.39 is 65.4 Å². The predicted octanol–water partition coefficient (Wildman–Crippen LogP) is 4.70. The van der Waals surface area contributed by atoms with Crippen LogP contribution in [0.2, 0.25) is 5.02 Å². The van der Waals surface area contributed by atoms with Crippen LogP contribution in [-0.2, 0) is 28.7 Å². The molecular weight excluding hydrogens is 702 g/mol. The Balaban J connectivity index is 1.49. The third kappa shape index (κ3) is 6.10. The Morgan fingerprint density at radius 2 is 1.79 bits per heavy atom. The average Bonchev–Trinajstić information content (AvgIpc) is 3.68. The molecule has 4 aliphatic rings. The number of aliphatic hydroxyl groups is 1. The number of carbonyl (C=O) groups excluding carboxylic acids is 4. The number of carbonyl (C=O) groups is 4. The molecule has 0 radical (unpaired) electrons. The summed E-state index contributed by atoms with van der Waals surface area (Å²) >= 11 is 9.81. The standard InChI is InChI=1S/C36H39BrClN3O7/c1-3-21(2)27(19-42)41-32-35(46)40(24-15-13-23(38)14-16-24)17-9-5-8-12-28(43)47-20-26(22-10-6-4-7-11-22)39-33(44)29-30(34(41)45)36(32)18-25(37)31(29)48-36/h4-7,9-11,13-16,18,21,26-27,29-32,42H,3,8,12,17,19-20H2,1-2H3,(H,39,44)/b9-5-/t21-,26+,27-,29+,30-,31+,32+,36-/m0/s1. The summed E-state index contributed by atoms with van der Waals surface area (Å²) in [4.78, 5) is 60.0. The molecule has 6 rings (SSSR count). The highest BCUT2D eigenvalue weighted by atomic mass is 79.9. The van der Waals surface area contributed by atoms with E-state index in [0.717, 1.165) is 5.56 Å². The number of esters is 1. The predicted molar refractivity (Wildman–Crippen MR) is 183 cm³/mol. The molecule has 2 saturated heterocycles. The van der Waals surface area contributed by atoms with Gasteiger partial charge in [-0.15, -0.1) is 0 Å². The van der Waals surface area contributed by atoms with Gasteiger partial charge in [-0.05, 0) is 48.2 Å². The van der Waals surface area contributed by atoms with Crippen LogP contribution in [-0.4, -0.2) is 77.2 Å². The van der Waals surface area contributed by atoms with Crippen molar-refractivity contribution >= 4 is 56.9 Å². The molecule has 0 unspecified atom stereocenters. The number of nitrogens with one attached hydrogen (secondary N) is 1. The molecule has 254 valence electrons. The smallest absolute Gasteiger partial charge is 0.306 e. The van der Waals surface area contributed by atoms with Crippen molar-refractivity contribution in [3.05, 3.63) is 87.9 Å². The second-order valence-electron chi connectivity index (χ2n) is 12.8. The zero-order valence-electron chi connectivity index (χ0n) is 26.8. The van der Waals surface area contributed by atoms with E-state index >= 15 is 4.79 Å². The number of likely N-dealkylation sites (tertiary alicyclic amines) is 1. The fraction of sp³-hybridized carbons (Fsp3) is 0.444. The quantitative estimate of drug-likeness (QED) is 0.325. The molecule has 2 N–H and O–H groups in total. The monoisotopic (exact) mass is 739 g/mol. The normalized spacial score (nSPS) is 31.2. The van der Waals surface area contributed by atoms with Gasteiger partial charge in [0.1, 0.15) is 24.4 Å². The number of fused-ring (bicyclic) bond motifs is 2. The fourth-order valence-electron chi connectivity index (χ4n) is 7.42. The molecule has 2 aromatic carbocycles. The molecule has 2 aromatic rings. The largest absolute Gasteiger partial charge is 0.463 e. The summed E-state index contributed by atoms with van der Waals surface area (Å²) < 4.78 is 12.9. The maximum absolute atomic E-state index is 15.1. The highest BCUT2D eigenvalue weighted by Crippen LogP contribution is 2.59. The van der Waals surface area contributed by atoms with Gasteiger partial charge in [0.25, 0.3) is 5.91 Å². The Labute approximate surface area is 293 Å². The van der Waals surface area contributed by atoms with Gasteiger partial charge in [-0.1, -0.05) is 90.3 Å². The Hall–Kier alpha value is -3.51.